The molecule has 4 N–H and O–H groups in total. The fraction of sp³-hybridized carbons (Fsp3) is 1.00. The predicted octanol–water partition coefficient (Wildman–Crippen LogP) is -1.66. The molecule has 1 rings (SSSR count). The van der Waals surface area contributed by atoms with Crippen LogP contribution in [0.25, 0.3) is 0 Å². The highest BCUT2D eigenvalue weighted by atomic mass is 35.5. The molecule has 0 aliphatic carbocycles. The maximum absolute atomic E-state index is 9.27. The summed E-state index contributed by atoms with van der Waals surface area (Å²) < 4.78 is 0. The molecule has 1 fully saturated rings. The molecular formula is C6H14ClNO3. The molecule has 0 unspecified atom stereocenters. The van der Waals surface area contributed by atoms with Crippen LogP contribution in [0.2, 0.25) is 0 Å². The second-order valence-corrected chi connectivity index (χ2v) is 2.63. The molecule has 0 spiro atoms. The first-order valence-electron chi connectivity index (χ1n) is 3.42. The van der Waals surface area contributed by atoms with Crippen molar-refractivity contribution >= 4 is 12.4 Å². The first kappa shape index (κ1) is 11.1. The van der Waals surface area contributed by atoms with E-state index in [-0.39, 0.29) is 37.6 Å². The van der Waals surface area contributed by atoms with Gasteiger partial charge in [0, 0.05) is 19.1 Å². The summed E-state index contributed by atoms with van der Waals surface area (Å²) >= 11 is 0. The van der Waals surface area contributed by atoms with Crippen LogP contribution in [-0.4, -0.2) is 47.2 Å². The molecule has 0 aromatic carbocycles. The Hall–Kier alpha value is 0.130. The van der Waals surface area contributed by atoms with E-state index in [1.165, 1.54) is 0 Å². The number of aliphatic hydroxyl groups excluding tert-OH is 3. The molecule has 0 radical (unpaired) electrons. The van der Waals surface area contributed by atoms with Gasteiger partial charge in [-0.05, 0) is 0 Å². The Kier molecular flexibility index (Phi) is 4.96. The minimum absolute atomic E-state index is 0. The van der Waals surface area contributed by atoms with E-state index in [4.69, 9.17) is 10.2 Å². The zero-order valence-corrected chi connectivity index (χ0v) is 6.92. The van der Waals surface area contributed by atoms with Crippen LogP contribution < -0.4 is 5.32 Å². The molecule has 1 aliphatic rings. The molecule has 0 bridgehead atoms. The van der Waals surface area contributed by atoms with E-state index in [0.29, 0.717) is 6.54 Å². The van der Waals surface area contributed by atoms with Crippen molar-refractivity contribution in [2.75, 3.05) is 19.8 Å². The fourth-order valence-corrected chi connectivity index (χ4v) is 1.22. The fourth-order valence-electron chi connectivity index (χ4n) is 1.22. The molecule has 0 aromatic heterocycles. The maximum Gasteiger partial charge on any atom is 0.0777 e. The van der Waals surface area contributed by atoms with Crippen LogP contribution in [0.4, 0.5) is 0 Å². The minimum Gasteiger partial charge on any atom is -0.396 e. The molecule has 11 heavy (non-hydrogen) atoms. The molecule has 3 atom stereocenters. The number of halogens is 1. The highest BCUT2D eigenvalue weighted by Gasteiger charge is 2.32. The molecule has 68 valence electrons. The van der Waals surface area contributed by atoms with Gasteiger partial charge in [-0.25, -0.2) is 0 Å². The first-order chi connectivity index (χ1) is 4.79. The summed E-state index contributed by atoms with van der Waals surface area (Å²) in [4.78, 5) is 0. The summed E-state index contributed by atoms with van der Waals surface area (Å²) in [6.07, 6.45) is -0.602. The largest absolute Gasteiger partial charge is 0.396 e. The standard InChI is InChI=1S/C6H13NO3.ClH/c8-2-4-1-7-5(3-9)6(4)10;/h4-10H,1-3H2;1H/t4-,5+,6-;/m1./s1. The third-order valence-electron chi connectivity index (χ3n) is 1.97. The van der Waals surface area contributed by atoms with Gasteiger partial charge < -0.3 is 20.6 Å². The van der Waals surface area contributed by atoms with Crippen molar-refractivity contribution in [2.45, 2.75) is 12.1 Å². The Balaban J connectivity index is 0.000001000. The van der Waals surface area contributed by atoms with Gasteiger partial charge in [-0.2, -0.15) is 0 Å². The quantitative estimate of drug-likeness (QED) is 0.414. The maximum atomic E-state index is 9.27. The van der Waals surface area contributed by atoms with Gasteiger partial charge in [0.1, 0.15) is 0 Å². The lowest BCUT2D eigenvalue weighted by atomic mass is 10.0. The highest BCUT2D eigenvalue weighted by Crippen LogP contribution is 2.13. The zero-order chi connectivity index (χ0) is 7.56. The van der Waals surface area contributed by atoms with Crippen molar-refractivity contribution in [3.63, 3.8) is 0 Å². The van der Waals surface area contributed by atoms with Crippen molar-refractivity contribution in [3.8, 4) is 0 Å². The molecule has 5 heteroatoms. The molecule has 0 amide bonds. The summed E-state index contributed by atoms with van der Waals surface area (Å²) in [7, 11) is 0. The van der Waals surface area contributed by atoms with Gasteiger partial charge in [-0.1, -0.05) is 0 Å². The molecule has 1 saturated heterocycles. The van der Waals surface area contributed by atoms with Crippen molar-refractivity contribution in [3.05, 3.63) is 0 Å². The Morgan fingerprint density at radius 3 is 2.18 bits per heavy atom. The molecule has 1 aliphatic heterocycles. The van der Waals surface area contributed by atoms with E-state index >= 15 is 0 Å². The average molecular weight is 184 g/mol. The number of hydrogen-bond acceptors (Lipinski definition) is 4. The first-order valence-corrected chi connectivity index (χ1v) is 3.42. The molecular weight excluding hydrogens is 170 g/mol. The smallest absolute Gasteiger partial charge is 0.0777 e. The van der Waals surface area contributed by atoms with Gasteiger partial charge in [-0.3, -0.25) is 0 Å². The number of aliphatic hydroxyl groups is 3. The summed E-state index contributed by atoms with van der Waals surface area (Å²) in [5, 5.41) is 29.5. The lowest BCUT2D eigenvalue weighted by Gasteiger charge is -2.14. The van der Waals surface area contributed by atoms with Crippen LogP contribution in [0.1, 0.15) is 0 Å². The van der Waals surface area contributed by atoms with Crippen LogP contribution in [0.15, 0.2) is 0 Å². The van der Waals surface area contributed by atoms with Gasteiger partial charge in [0.15, 0.2) is 0 Å². The third kappa shape index (κ3) is 2.28. The summed E-state index contributed by atoms with van der Waals surface area (Å²) in [6.45, 7) is 0.491. The van der Waals surface area contributed by atoms with Gasteiger partial charge in [0.25, 0.3) is 0 Å². The van der Waals surface area contributed by atoms with E-state index in [2.05, 4.69) is 5.32 Å². The zero-order valence-electron chi connectivity index (χ0n) is 6.10. The van der Waals surface area contributed by atoms with Crippen LogP contribution in [0.5, 0.6) is 0 Å². The Bertz CT molecular complexity index is 102. The molecule has 1 heterocycles. The second kappa shape index (κ2) is 4.90. The monoisotopic (exact) mass is 183 g/mol. The van der Waals surface area contributed by atoms with Gasteiger partial charge in [0.05, 0.1) is 18.8 Å². The second-order valence-electron chi connectivity index (χ2n) is 2.63. The highest BCUT2D eigenvalue weighted by molar-refractivity contribution is 5.85. The Morgan fingerprint density at radius 2 is 1.91 bits per heavy atom. The average Bonchev–Trinajstić information content (AvgIpc) is 2.30. The van der Waals surface area contributed by atoms with Crippen molar-refractivity contribution < 1.29 is 15.3 Å². The number of nitrogens with one attached hydrogen (secondary N) is 1. The summed E-state index contributed by atoms with van der Waals surface area (Å²) in [6, 6.07) is -0.253. The predicted molar refractivity (Wildman–Crippen MR) is 42.7 cm³/mol. The van der Waals surface area contributed by atoms with E-state index in [0.717, 1.165) is 0 Å². The summed E-state index contributed by atoms with van der Waals surface area (Å²) in [5.74, 6) is -0.114. The lowest BCUT2D eigenvalue weighted by molar-refractivity contribution is 0.0656. The minimum atomic E-state index is -0.602. The number of rotatable bonds is 2. The van der Waals surface area contributed by atoms with E-state index in [1.807, 2.05) is 0 Å². The van der Waals surface area contributed by atoms with Crippen LogP contribution in [-0.2, 0) is 0 Å². The molecule has 4 nitrogen and oxygen atoms in total. The topological polar surface area (TPSA) is 72.7 Å². The van der Waals surface area contributed by atoms with E-state index < -0.39 is 6.10 Å². The van der Waals surface area contributed by atoms with Crippen molar-refractivity contribution in [2.24, 2.45) is 5.92 Å². The van der Waals surface area contributed by atoms with E-state index in [1.54, 1.807) is 0 Å². The molecule has 0 saturated carbocycles. The van der Waals surface area contributed by atoms with Crippen LogP contribution >= 0.6 is 12.4 Å². The van der Waals surface area contributed by atoms with Crippen LogP contribution in [0, 0.1) is 5.92 Å². The lowest BCUT2D eigenvalue weighted by Crippen LogP contribution is -2.35. The van der Waals surface area contributed by atoms with Crippen LogP contribution in [0.3, 0.4) is 0 Å². The normalized spacial score (nSPS) is 36.8. The van der Waals surface area contributed by atoms with Gasteiger partial charge >= 0.3 is 0 Å². The molecule has 0 aromatic rings. The van der Waals surface area contributed by atoms with E-state index in [9.17, 15) is 5.11 Å². The van der Waals surface area contributed by atoms with Gasteiger partial charge in [0.2, 0.25) is 0 Å². The Morgan fingerprint density at radius 1 is 1.27 bits per heavy atom. The number of hydrogen-bond donors (Lipinski definition) is 4. The summed E-state index contributed by atoms with van der Waals surface area (Å²) in [5.41, 5.74) is 0. The Labute approximate surface area is 71.6 Å². The third-order valence-corrected chi connectivity index (χ3v) is 1.97. The van der Waals surface area contributed by atoms with Gasteiger partial charge in [-0.15, -0.1) is 12.4 Å². The SMILES string of the molecule is Cl.OC[C@H]1CN[C@@H](CO)[C@@H]1O. The van der Waals surface area contributed by atoms with Crippen molar-refractivity contribution in [1.82, 2.24) is 5.32 Å². The van der Waals surface area contributed by atoms with Crippen molar-refractivity contribution in [1.29, 1.82) is 0 Å².